The number of thioether (sulfide) groups is 1. The van der Waals surface area contributed by atoms with Gasteiger partial charge in [-0.05, 0) is 56.9 Å². The first-order valence-corrected chi connectivity index (χ1v) is 9.28. The summed E-state index contributed by atoms with van der Waals surface area (Å²) in [5, 5.41) is 3.57. The summed E-state index contributed by atoms with van der Waals surface area (Å²) in [6.45, 7) is 2.00. The summed E-state index contributed by atoms with van der Waals surface area (Å²) in [5.41, 5.74) is 0. The van der Waals surface area contributed by atoms with Crippen molar-refractivity contribution in [3.63, 3.8) is 0 Å². The average molecular weight is 371 g/mol. The zero-order chi connectivity index (χ0) is 16.4. The lowest BCUT2D eigenvalue weighted by Crippen LogP contribution is -2.50. The fraction of sp³-hybridized carbons (Fsp3) is 0.611. The Kier molecular flexibility index (Phi) is 6.84. The highest BCUT2D eigenvalue weighted by Crippen LogP contribution is 2.31. The maximum atomic E-state index is 12.8. The van der Waals surface area contributed by atoms with Crippen LogP contribution in [0.5, 0.6) is 5.75 Å². The van der Waals surface area contributed by atoms with E-state index in [4.69, 9.17) is 4.74 Å². The van der Waals surface area contributed by atoms with Gasteiger partial charge in [-0.25, -0.2) is 0 Å². The van der Waals surface area contributed by atoms with Crippen LogP contribution >= 0.6 is 24.2 Å². The molecule has 0 spiro atoms. The number of benzene rings is 1. The smallest absolute Gasteiger partial charge is 0.235 e. The Morgan fingerprint density at radius 1 is 1.25 bits per heavy atom. The summed E-state index contributed by atoms with van der Waals surface area (Å²) in [4.78, 5) is 15.9. The van der Waals surface area contributed by atoms with Crippen molar-refractivity contribution in [1.82, 2.24) is 10.2 Å². The van der Waals surface area contributed by atoms with Gasteiger partial charge in [0, 0.05) is 30.1 Å². The Hall–Kier alpha value is -0.910. The van der Waals surface area contributed by atoms with Gasteiger partial charge in [-0.2, -0.15) is 0 Å². The SMILES string of the molecule is COc1ccc(SC(C)C(=O)N(C)C2CC3CCC(C2)N3)cc1.Cl. The number of carbonyl (C=O) groups excluding carboxylic acids is 1. The van der Waals surface area contributed by atoms with Crippen LogP contribution in [0.15, 0.2) is 29.2 Å². The van der Waals surface area contributed by atoms with Crippen LogP contribution in [-0.2, 0) is 4.79 Å². The second-order valence-electron chi connectivity index (χ2n) is 6.65. The van der Waals surface area contributed by atoms with Crippen molar-refractivity contribution in [3.05, 3.63) is 24.3 Å². The van der Waals surface area contributed by atoms with Crippen molar-refractivity contribution < 1.29 is 9.53 Å². The second-order valence-corrected chi connectivity index (χ2v) is 8.06. The van der Waals surface area contributed by atoms with E-state index in [0.29, 0.717) is 18.1 Å². The van der Waals surface area contributed by atoms with E-state index in [1.807, 2.05) is 43.1 Å². The number of carbonyl (C=O) groups is 1. The Bertz CT molecular complexity index is 542. The first kappa shape index (κ1) is 19.4. The molecule has 2 fully saturated rings. The molecule has 1 aromatic carbocycles. The molecule has 2 aliphatic heterocycles. The Labute approximate surface area is 155 Å². The van der Waals surface area contributed by atoms with Crippen molar-refractivity contribution in [3.8, 4) is 5.75 Å². The van der Waals surface area contributed by atoms with Gasteiger partial charge in [-0.15, -0.1) is 24.2 Å². The number of hydrogen-bond donors (Lipinski definition) is 1. The van der Waals surface area contributed by atoms with Crippen LogP contribution < -0.4 is 10.1 Å². The van der Waals surface area contributed by atoms with Gasteiger partial charge in [0.2, 0.25) is 5.91 Å². The molecule has 2 heterocycles. The van der Waals surface area contributed by atoms with Crippen molar-refractivity contribution in [2.24, 2.45) is 0 Å². The van der Waals surface area contributed by atoms with Crippen molar-refractivity contribution in [2.75, 3.05) is 14.2 Å². The topological polar surface area (TPSA) is 41.6 Å². The van der Waals surface area contributed by atoms with E-state index in [0.717, 1.165) is 23.5 Å². The van der Waals surface area contributed by atoms with Crippen LogP contribution in [0.2, 0.25) is 0 Å². The minimum absolute atomic E-state index is 0. The van der Waals surface area contributed by atoms with E-state index in [9.17, 15) is 4.79 Å². The lowest BCUT2D eigenvalue weighted by molar-refractivity contribution is -0.131. The molecule has 6 heteroatoms. The van der Waals surface area contributed by atoms with Crippen molar-refractivity contribution >= 4 is 30.1 Å². The van der Waals surface area contributed by atoms with Crippen LogP contribution in [0.25, 0.3) is 0 Å². The van der Waals surface area contributed by atoms with Crippen molar-refractivity contribution in [1.29, 1.82) is 0 Å². The number of ether oxygens (including phenoxy) is 1. The Morgan fingerprint density at radius 3 is 2.38 bits per heavy atom. The first-order valence-electron chi connectivity index (χ1n) is 8.40. The molecule has 0 aliphatic carbocycles. The maximum Gasteiger partial charge on any atom is 0.235 e. The minimum atomic E-state index is -0.0686. The maximum absolute atomic E-state index is 12.8. The van der Waals surface area contributed by atoms with Crippen LogP contribution in [0, 0.1) is 0 Å². The predicted octanol–water partition coefficient (Wildman–Crippen LogP) is 3.34. The molecule has 134 valence electrons. The largest absolute Gasteiger partial charge is 0.497 e. The summed E-state index contributed by atoms with van der Waals surface area (Å²) < 4.78 is 5.17. The molecule has 0 aromatic heterocycles. The van der Waals surface area contributed by atoms with E-state index in [2.05, 4.69) is 5.32 Å². The number of halogens is 1. The molecule has 4 nitrogen and oxygen atoms in total. The molecule has 1 amide bonds. The molecule has 2 aliphatic rings. The summed E-state index contributed by atoms with van der Waals surface area (Å²) in [6, 6.07) is 9.51. The van der Waals surface area contributed by atoms with Crippen LogP contribution in [0.1, 0.15) is 32.6 Å². The lowest BCUT2D eigenvalue weighted by atomic mass is 9.98. The third kappa shape index (κ3) is 4.38. The summed E-state index contributed by atoms with van der Waals surface area (Å²) in [6.07, 6.45) is 4.72. The molecule has 0 saturated carbocycles. The molecule has 2 bridgehead atoms. The van der Waals surface area contributed by atoms with Gasteiger partial charge in [0.1, 0.15) is 5.75 Å². The monoisotopic (exact) mass is 370 g/mol. The van der Waals surface area contributed by atoms with Gasteiger partial charge in [0.25, 0.3) is 0 Å². The van der Waals surface area contributed by atoms with E-state index in [1.54, 1.807) is 18.9 Å². The molecule has 3 rings (SSSR count). The second kappa shape index (κ2) is 8.45. The molecule has 2 saturated heterocycles. The number of amides is 1. The normalized spacial score (nSPS) is 26.4. The lowest BCUT2D eigenvalue weighted by Gasteiger charge is -2.36. The number of hydrogen-bond acceptors (Lipinski definition) is 4. The number of fused-ring (bicyclic) bond motifs is 2. The van der Waals surface area contributed by atoms with Gasteiger partial charge >= 0.3 is 0 Å². The molecule has 1 N–H and O–H groups in total. The van der Waals surface area contributed by atoms with E-state index in [-0.39, 0.29) is 23.6 Å². The highest BCUT2D eigenvalue weighted by Gasteiger charge is 2.37. The minimum Gasteiger partial charge on any atom is -0.497 e. The molecule has 24 heavy (non-hydrogen) atoms. The van der Waals surface area contributed by atoms with Gasteiger partial charge in [0.15, 0.2) is 0 Å². The predicted molar refractivity (Wildman–Crippen MR) is 101 cm³/mol. The molecule has 0 radical (unpaired) electrons. The van der Waals surface area contributed by atoms with E-state index in [1.165, 1.54) is 12.8 Å². The van der Waals surface area contributed by atoms with Gasteiger partial charge < -0.3 is 15.0 Å². The third-order valence-electron chi connectivity index (χ3n) is 5.06. The quantitative estimate of drug-likeness (QED) is 0.807. The van der Waals surface area contributed by atoms with Gasteiger partial charge in [-0.3, -0.25) is 4.79 Å². The third-order valence-corrected chi connectivity index (χ3v) is 6.16. The number of methoxy groups -OCH3 is 1. The number of rotatable bonds is 5. The summed E-state index contributed by atoms with van der Waals surface area (Å²) >= 11 is 1.62. The van der Waals surface area contributed by atoms with E-state index < -0.39 is 0 Å². The van der Waals surface area contributed by atoms with Gasteiger partial charge in [0.05, 0.1) is 12.4 Å². The molecule has 3 atom stereocenters. The highest BCUT2D eigenvalue weighted by molar-refractivity contribution is 8.00. The first-order chi connectivity index (χ1) is 11.1. The molecular formula is C18H27ClN2O2S. The number of piperidine rings is 1. The highest BCUT2D eigenvalue weighted by atomic mass is 35.5. The Balaban J connectivity index is 0.00000208. The fourth-order valence-corrected chi connectivity index (χ4v) is 4.69. The van der Waals surface area contributed by atoms with Gasteiger partial charge in [-0.1, -0.05) is 0 Å². The summed E-state index contributed by atoms with van der Waals surface area (Å²) in [5.74, 6) is 1.08. The van der Waals surface area contributed by atoms with Crippen LogP contribution in [-0.4, -0.2) is 48.3 Å². The number of nitrogens with zero attached hydrogens (tertiary/aromatic N) is 1. The molecule has 1 aromatic rings. The fourth-order valence-electron chi connectivity index (χ4n) is 3.72. The number of nitrogens with one attached hydrogen (secondary N) is 1. The van der Waals surface area contributed by atoms with Crippen LogP contribution in [0.4, 0.5) is 0 Å². The average Bonchev–Trinajstić information content (AvgIpc) is 2.92. The zero-order valence-corrected chi connectivity index (χ0v) is 16.2. The Morgan fingerprint density at radius 2 is 1.83 bits per heavy atom. The van der Waals surface area contributed by atoms with Crippen molar-refractivity contribution in [2.45, 2.75) is 60.9 Å². The molecule has 3 unspecified atom stereocenters. The molecular weight excluding hydrogens is 344 g/mol. The summed E-state index contributed by atoms with van der Waals surface area (Å²) in [7, 11) is 3.64. The van der Waals surface area contributed by atoms with Crippen LogP contribution in [0.3, 0.4) is 0 Å². The van der Waals surface area contributed by atoms with E-state index >= 15 is 0 Å². The standard InChI is InChI=1S/C18H26N2O2S.ClH/c1-12(23-17-8-6-16(22-3)7-9-17)18(21)20(2)15-10-13-4-5-14(11-15)19-13;/h6-9,12-15,19H,4-5,10-11H2,1-3H3;1H. The zero-order valence-electron chi connectivity index (χ0n) is 14.5.